The molecule has 8 nitrogen and oxygen atoms in total. The van der Waals surface area contributed by atoms with Crippen LogP contribution in [0.3, 0.4) is 0 Å². The quantitative estimate of drug-likeness (QED) is 0.393. The molecule has 39 heavy (non-hydrogen) atoms. The van der Waals surface area contributed by atoms with Gasteiger partial charge in [0.05, 0.1) is 34.9 Å². The Labute approximate surface area is 226 Å². The molecule has 4 N–H and O–H groups in total. The van der Waals surface area contributed by atoms with Crippen molar-refractivity contribution in [2.45, 2.75) is 44.1 Å². The van der Waals surface area contributed by atoms with Crippen LogP contribution in [0.2, 0.25) is 0 Å². The van der Waals surface area contributed by atoms with Crippen molar-refractivity contribution in [3.05, 3.63) is 70.4 Å². The van der Waals surface area contributed by atoms with E-state index in [0.717, 1.165) is 41.9 Å². The van der Waals surface area contributed by atoms with Crippen LogP contribution in [0, 0.1) is 23.4 Å². The number of piperidine rings is 1. The van der Waals surface area contributed by atoms with Gasteiger partial charge in [-0.2, -0.15) is 0 Å². The number of carbonyl (C=O) groups excluding carboxylic acids is 1. The Morgan fingerprint density at radius 3 is 2.64 bits per heavy atom. The summed E-state index contributed by atoms with van der Waals surface area (Å²) in [5.41, 5.74) is 7.22. The zero-order chi connectivity index (χ0) is 27.8. The molecular weight excluding hydrogens is 531 g/mol. The van der Waals surface area contributed by atoms with Gasteiger partial charge in [-0.05, 0) is 49.4 Å². The van der Waals surface area contributed by atoms with E-state index in [9.17, 15) is 27.3 Å². The van der Waals surface area contributed by atoms with E-state index in [1.807, 2.05) is 0 Å². The number of halogens is 3. The number of nitrogens with zero attached hydrogens (tertiary/aromatic N) is 3. The summed E-state index contributed by atoms with van der Waals surface area (Å²) in [5.74, 6) is -3.80. The van der Waals surface area contributed by atoms with Crippen LogP contribution < -0.4 is 16.0 Å². The van der Waals surface area contributed by atoms with Gasteiger partial charge in [0, 0.05) is 34.5 Å². The zero-order valence-electron chi connectivity index (χ0n) is 21.1. The highest BCUT2D eigenvalue weighted by Gasteiger charge is 2.32. The Kier molecular flexibility index (Phi) is 7.61. The molecule has 12 heteroatoms. The number of carbonyl (C=O) groups is 1. The fourth-order valence-electron chi connectivity index (χ4n) is 5.48. The van der Waals surface area contributed by atoms with Crippen molar-refractivity contribution in [1.29, 1.82) is 0 Å². The number of aromatic nitrogens is 2. The maximum absolute atomic E-state index is 14.8. The topological polar surface area (TPSA) is 121 Å². The summed E-state index contributed by atoms with van der Waals surface area (Å²) in [5, 5.41) is 13.2. The lowest BCUT2D eigenvalue weighted by molar-refractivity contribution is 0.102. The minimum Gasteiger partial charge on any atom is -0.387 e. The van der Waals surface area contributed by atoms with E-state index >= 15 is 0 Å². The molecule has 3 aromatic rings. The number of rotatable bonds is 6. The largest absolute Gasteiger partial charge is 0.463 e. The van der Waals surface area contributed by atoms with Gasteiger partial charge in [-0.15, -0.1) is 0 Å². The van der Waals surface area contributed by atoms with Crippen molar-refractivity contribution in [1.82, 2.24) is 9.97 Å². The lowest BCUT2D eigenvalue weighted by Crippen LogP contribution is -2.47. The average molecular weight is 559 g/mol. The Balaban J connectivity index is 1.50. The predicted molar refractivity (Wildman–Crippen MR) is 141 cm³/mol. The van der Waals surface area contributed by atoms with E-state index in [-0.39, 0.29) is 34.7 Å². The van der Waals surface area contributed by atoms with Gasteiger partial charge in [-0.3, -0.25) is 9.78 Å². The van der Waals surface area contributed by atoms with Gasteiger partial charge in [0.25, 0.3) is 11.7 Å². The molecule has 5 rings (SSSR count). The smallest absolute Gasteiger partial charge is 0.387 e. The molecule has 3 atom stereocenters. The van der Waals surface area contributed by atoms with Crippen LogP contribution >= 0.6 is 0 Å². The van der Waals surface area contributed by atoms with Crippen molar-refractivity contribution < 1.29 is 27.3 Å². The second-order valence-electron chi connectivity index (χ2n) is 10.1. The predicted octanol–water partition coefficient (Wildman–Crippen LogP) is 3.89. The first-order chi connectivity index (χ1) is 18.7. The number of amides is 1. The third kappa shape index (κ3) is 5.36. The van der Waals surface area contributed by atoms with Crippen LogP contribution in [-0.4, -0.2) is 40.1 Å². The molecule has 0 saturated carbocycles. The van der Waals surface area contributed by atoms with Gasteiger partial charge in [-0.1, -0.05) is 6.92 Å². The van der Waals surface area contributed by atoms with Crippen LogP contribution in [0.4, 0.5) is 24.5 Å². The summed E-state index contributed by atoms with van der Waals surface area (Å²) in [4.78, 5) is 23.7. The molecule has 1 fully saturated rings. The van der Waals surface area contributed by atoms with E-state index < -0.39 is 40.7 Å². The van der Waals surface area contributed by atoms with Crippen LogP contribution in [0.5, 0.6) is 0 Å². The summed E-state index contributed by atoms with van der Waals surface area (Å²) in [6, 6.07) is 3.85. The Morgan fingerprint density at radius 1 is 1.21 bits per heavy atom. The van der Waals surface area contributed by atoms with E-state index in [1.54, 1.807) is 0 Å². The summed E-state index contributed by atoms with van der Waals surface area (Å²) in [7, 11) is 0. The summed E-state index contributed by atoms with van der Waals surface area (Å²) >= 11 is 0.148. The third-order valence-corrected chi connectivity index (χ3v) is 7.52. The van der Waals surface area contributed by atoms with Crippen LogP contribution in [0.15, 0.2) is 30.5 Å². The van der Waals surface area contributed by atoms with Crippen LogP contribution in [0.25, 0.3) is 11.3 Å². The number of hydrogen-bond donors (Lipinski definition) is 3. The minimum absolute atomic E-state index is 0.0721. The Bertz CT molecular complexity index is 1420. The van der Waals surface area contributed by atoms with Crippen molar-refractivity contribution in [2.75, 3.05) is 23.3 Å². The monoisotopic (exact) mass is 558 g/mol. The standard InChI is InChI=1S/C27H26F3N5O3S/c1-13-6-15(31)11-35(10-13)26-16-2-5-22(36)24(16)32-9-21(26)34-27(37)20-4-3-17(28)25(33-20)23-18(29)7-14(12-39-38)8-19(23)30/h3-4,7-9,13,15,22,36H,2,5-6,10-12,31H2,1H3/p+1/t13-,15+,22?/m1/s1. The molecule has 3 heterocycles. The highest BCUT2D eigenvalue weighted by atomic mass is 32.1. The van der Waals surface area contributed by atoms with E-state index in [0.29, 0.717) is 43.2 Å². The number of anilines is 2. The van der Waals surface area contributed by atoms with Crippen LogP contribution in [0.1, 0.15) is 53.2 Å². The van der Waals surface area contributed by atoms with Gasteiger partial charge in [0.2, 0.25) is 0 Å². The van der Waals surface area contributed by atoms with Gasteiger partial charge < -0.3 is 21.1 Å². The molecule has 1 saturated heterocycles. The molecule has 2 aliphatic rings. The molecule has 1 aliphatic heterocycles. The highest BCUT2D eigenvalue weighted by Crippen LogP contribution is 2.41. The number of fused-ring (bicyclic) bond motifs is 1. The van der Waals surface area contributed by atoms with Gasteiger partial charge in [-0.25, -0.2) is 18.2 Å². The van der Waals surface area contributed by atoms with Crippen molar-refractivity contribution in [3.8, 4) is 11.3 Å². The number of nitrogens with two attached hydrogens (primary N) is 1. The van der Waals surface area contributed by atoms with E-state index in [4.69, 9.17) is 5.73 Å². The normalized spacial score (nSPS) is 20.6. The molecule has 0 radical (unpaired) electrons. The second kappa shape index (κ2) is 10.9. The number of aliphatic hydroxyl groups is 1. The number of hydrogen-bond acceptors (Lipinski definition) is 7. The molecule has 1 unspecified atom stereocenters. The third-order valence-electron chi connectivity index (χ3n) is 7.07. The zero-order valence-corrected chi connectivity index (χ0v) is 21.9. The van der Waals surface area contributed by atoms with E-state index in [2.05, 4.69) is 27.1 Å². The molecule has 1 aromatic carbocycles. The summed E-state index contributed by atoms with van der Waals surface area (Å²) in [6.45, 7) is 3.34. The molecular formula is C27H27F3N5O3S+. The first-order valence-corrected chi connectivity index (χ1v) is 13.5. The fraction of sp³-hybridized carbons (Fsp3) is 0.370. The Hall–Kier alpha value is -3.48. The maximum atomic E-state index is 14.8. The molecule has 2 aromatic heterocycles. The number of pyridine rings is 2. The SMILES string of the molecule is C[C@@H]1C[C@H](N)CN(c2c(NC(=O)c3ccc(F)c(-c4c(F)cc(C[S+]=O)cc4F)n3)cnc3c2CCC3O)C1. The molecule has 0 spiro atoms. The van der Waals surface area contributed by atoms with Gasteiger partial charge in [0.1, 0.15) is 28.8 Å². The molecule has 1 amide bonds. The van der Waals surface area contributed by atoms with Gasteiger partial charge in [0.15, 0.2) is 0 Å². The molecule has 204 valence electrons. The summed E-state index contributed by atoms with van der Waals surface area (Å²) in [6.07, 6.45) is 2.70. The number of aliphatic hydroxyl groups excluding tert-OH is 1. The molecule has 0 bridgehead atoms. The van der Waals surface area contributed by atoms with Crippen molar-refractivity contribution >= 4 is 28.9 Å². The molecule has 1 aliphatic carbocycles. The van der Waals surface area contributed by atoms with Crippen molar-refractivity contribution in [3.63, 3.8) is 0 Å². The lowest BCUT2D eigenvalue weighted by Gasteiger charge is -2.38. The lowest BCUT2D eigenvalue weighted by atomic mass is 9.95. The minimum atomic E-state index is -1.10. The average Bonchev–Trinajstić information content (AvgIpc) is 3.24. The fourth-order valence-corrected chi connectivity index (χ4v) is 5.78. The first-order valence-electron chi connectivity index (χ1n) is 12.6. The number of benzene rings is 1. The Morgan fingerprint density at radius 2 is 1.95 bits per heavy atom. The highest BCUT2D eigenvalue weighted by molar-refractivity contribution is 7.64. The van der Waals surface area contributed by atoms with Crippen LogP contribution in [-0.2, 0) is 28.0 Å². The van der Waals surface area contributed by atoms with E-state index in [1.165, 1.54) is 6.20 Å². The van der Waals surface area contributed by atoms with Crippen molar-refractivity contribution in [2.24, 2.45) is 11.7 Å². The maximum Gasteiger partial charge on any atom is 0.463 e. The number of nitrogens with one attached hydrogen (secondary N) is 1. The van der Waals surface area contributed by atoms with Gasteiger partial charge >= 0.3 is 11.7 Å². The first kappa shape index (κ1) is 27.1. The second-order valence-corrected chi connectivity index (χ2v) is 10.6. The summed E-state index contributed by atoms with van der Waals surface area (Å²) < 4.78 is 55.0.